The number of carbonyl (C=O) groups excluding carboxylic acids is 1. The lowest BCUT2D eigenvalue weighted by atomic mass is 10.8. The van der Waals surface area contributed by atoms with Crippen LogP contribution in [0.4, 0.5) is 0 Å². The first-order valence-corrected chi connectivity index (χ1v) is 4.20. The molecule has 0 saturated heterocycles. The van der Waals surface area contributed by atoms with E-state index in [1.807, 2.05) is 13.8 Å². The first kappa shape index (κ1) is 8.82. The van der Waals surface area contributed by atoms with Gasteiger partial charge in [0.05, 0.1) is 12.4 Å². The highest BCUT2D eigenvalue weighted by atomic mass is 32.2. The maximum atomic E-state index is 10.6. The molecule has 0 saturated carbocycles. The summed E-state index contributed by atoms with van der Waals surface area (Å²) in [4.78, 5) is 10.6. The van der Waals surface area contributed by atoms with Crippen LogP contribution >= 0.6 is 11.8 Å². The Labute approximate surface area is 60.0 Å². The van der Waals surface area contributed by atoms with Gasteiger partial charge in [-0.2, -0.15) is 11.8 Å². The second kappa shape index (κ2) is 5.95. The second-order valence-electron chi connectivity index (χ2n) is 1.44. The minimum absolute atomic E-state index is 0.107. The van der Waals surface area contributed by atoms with E-state index in [0.717, 1.165) is 5.75 Å². The molecule has 0 aliphatic carbocycles. The van der Waals surface area contributed by atoms with Crippen molar-refractivity contribution in [3.63, 3.8) is 0 Å². The second-order valence-corrected chi connectivity index (χ2v) is 2.72. The van der Waals surface area contributed by atoms with Gasteiger partial charge in [-0.3, -0.25) is 4.79 Å². The predicted molar refractivity (Wildman–Crippen MR) is 39.6 cm³/mol. The Morgan fingerprint density at radius 3 is 2.67 bits per heavy atom. The zero-order chi connectivity index (χ0) is 7.11. The number of thioether (sulfide) groups is 1. The van der Waals surface area contributed by atoms with E-state index < -0.39 is 0 Å². The van der Waals surface area contributed by atoms with Crippen LogP contribution in [-0.2, 0) is 9.53 Å². The van der Waals surface area contributed by atoms with Crippen LogP contribution in [-0.4, -0.2) is 24.1 Å². The lowest BCUT2D eigenvalue weighted by molar-refractivity contribution is -0.139. The first-order valence-electron chi connectivity index (χ1n) is 3.04. The summed E-state index contributed by atoms with van der Waals surface area (Å²) in [6, 6.07) is 0. The van der Waals surface area contributed by atoms with E-state index in [9.17, 15) is 4.79 Å². The molecule has 0 N–H and O–H groups in total. The summed E-state index contributed by atoms with van der Waals surface area (Å²) >= 11 is 1.58. The summed E-state index contributed by atoms with van der Waals surface area (Å²) in [6.07, 6.45) is 0. The monoisotopic (exact) mass is 148 g/mol. The van der Waals surface area contributed by atoms with Crippen molar-refractivity contribution in [2.24, 2.45) is 0 Å². The molecule has 0 spiro atoms. The summed E-state index contributed by atoms with van der Waals surface area (Å²) in [7, 11) is 0. The first-order chi connectivity index (χ1) is 4.31. The lowest BCUT2D eigenvalue weighted by Crippen LogP contribution is -2.06. The van der Waals surface area contributed by atoms with Crippen molar-refractivity contribution >= 4 is 17.7 Å². The van der Waals surface area contributed by atoms with Crippen LogP contribution in [0.5, 0.6) is 0 Å². The van der Waals surface area contributed by atoms with Crippen molar-refractivity contribution in [1.82, 2.24) is 0 Å². The van der Waals surface area contributed by atoms with Crippen molar-refractivity contribution in [3.8, 4) is 0 Å². The molecule has 0 amide bonds. The van der Waals surface area contributed by atoms with Gasteiger partial charge in [-0.05, 0) is 12.7 Å². The van der Waals surface area contributed by atoms with E-state index in [0.29, 0.717) is 12.4 Å². The fourth-order valence-corrected chi connectivity index (χ4v) is 0.842. The van der Waals surface area contributed by atoms with Crippen LogP contribution in [0.15, 0.2) is 0 Å². The summed E-state index contributed by atoms with van der Waals surface area (Å²) < 4.78 is 4.68. The third-order valence-electron chi connectivity index (χ3n) is 0.729. The normalized spacial score (nSPS) is 9.11. The molecule has 0 aromatic rings. The Morgan fingerprint density at radius 1 is 1.56 bits per heavy atom. The Morgan fingerprint density at radius 2 is 2.22 bits per heavy atom. The van der Waals surface area contributed by atoms with E-state index >= 15 is 0 Å². The Hall–Kier alpha value is -0.180. The molecule has 3 heteroatoms. The van der Waals surface area contributed by atoms with Crippen LogP contribution in [0.2, 0.25) is 0 Å². The van der Waals surface area contributed by atoms with Crippen LogP contribution in [0.1, 0.15) is 13.8 Å². The number of rotatable bonds is 4. The number of hydrogen-bond acceptors (Lipinski definition) is 3. The molecule has 0 aliphatic rings. The highest BCUT2D eigenvalue weighted by molar-refractivity contribution is 7.99. The molecule has 0 radical (unpaired) electrons. The molecule has 0 rings (SSSR count). The molecule has 0 aromatic heterocycles. The van der Waals surface area contributed by atoms with Crippen LogP contribution in [0.3, 0.4) is 0 Å². The summed E-state index contributed by atoms with van der Waals surface area (Å²) in [6.45, 7) is 4.32. The topological polar surface area (TPSA) is 26.3 Å². The van der Waals surface area contributed by atoms with Gasteiger partial charge in [-0.25, -0.2) is 0 Å². The minimum Gasteiger partial charge on any atom is -0.465 e. The van der Waals surface area contributed by atoms with Gasteiger partial charge in [0.15, 0.2) is 0 Å². The van der Waals surface area contributed by atoms with Gasteiger partial charge in [0.2, 0.25) is 0 Å². The van der Waals surface area contributed by atoms with Gasteiger partial charge in [0, 0.05) is 0 Å². The number of hydrogen-bond donors (Lipinski definition) is 0. The van der Waals surface area contributed by atoms with E-state index in [4.69, 9.17) is 0 Å². The fourth-order valence-electron chi connectivity index (χ4n) is 0.388. The van der Waals surface area contributed by atoms with Gasteiger partial charge < -0.3 is 4.74 Å². The smallest absolute Gasteiger partial charge is 0.315 e. The lowest BCUT2D eigenvalue weighted by Gasteiger charge is -1.97. The highest BCUT2D eigenvalue weighted by Gasteiger charge is 1.97. The van der Waals surface area contributed by atoms with Crippen LogP contribution in [0, 0.1) is 0 Å². The van der Waals surface area contributed by atoms with Crippen molar-refractivity contribution in [2.75, 3.05) is 18.1 Å². The molecule has 0 aliphatic heterocycles. The molecule has 0 atom stereocenters. The molecule has 54 valence electrons. The zero-order valence-electron chi connectivity index (χ0n) is 5.85. The summed E-state index contributed by atoms with van der Waals surface area (Å²) in [5.41, 5.74) is 0. The molecular formula is C6H12O2S. The number of carbonyl (C=O) groups is 1. The Balaban J connectivity index is 3.06. The molecule has 0 aromatic carbocycles. The van der Waals surface area contributed by atoms with Gasteiger partial charge >= 0.3 is 5.97 Å². The minimum atomic E-state index is -0.107. The third kappa shape index (κ3) is 5.69. The van der Waals surface area contributed by atoms with E-state index in [1.54, 1.807) is 11.8 Å². The maximum absolute atomic E-state index is 10.6. The highest BCUT2D eigenvalue weighted by Crippen LogP contribution is 1.97. The van der Waals surface area contributed by atoms with Gasteiger partial charge in [0.1, 0.15) is 0 Å². The molecule has 0 bridgehead atoms. The molecule has 9 heavy (non-hydrogen) atoms. The standard InChI is InChI=1S/C6H12O2S/c1-3-8-6(7)5-9-4-2/h3-5H2,1-2H3. The Kier molecular flexibility index (Phi) is 5.83. The van der Waals surface area contributed by atoms with Crippen molar-refractivity contribution in [1.29, 1.82) is 0 Å². The molecule has 2 nitrogen and oxygen atoms in total. The molecule has 0 unspecified atom stereocenters. The summed E-state index contributed by atoms with van der Waals surface area (Å²) in [5.74, 6) is 1.35. The summed E-state index contributed by atoms with van der Waals surface area (Å²) in [5, 5.41) is 0. The maximum Gasteiger partial charge on any atom is 0.315 e. The van der Waals surface area contributed by atoms with E-state index in [-0.39, 0.29) is 5.97 Å². The SMILES string of the molecule is CCOC(=O)CSCC. The quantitative estimate of drug-likeness (QED) is 0.562. The predicted octanol–water partition coefficient (Wildman–Crippen LogP) is 1.30. The number of esters is 1. The third-order valence-corrected chi connectivity index (χ3v) is 1.58. The Bertz CT molecular complexity index is 83.1. The van der Waals surface area contributed by atoms with E-state index in [2.05, 4.69) is 4.74 Å². The largest absolute Gasteiger partial charge is 0.465 e. The van der Waals surface area contributed by atoms with Crippen molar-refractivity contribution in [3.05, 3.63) is 0 Å². The average Bonchev–Trinajstić information content (AvgIpc) is 1.85. The van der Waals surface area contributed by atoms with Gasteiger partial charge in [-0.15, -0.1) is 0 Å². The fraction of sp³-hybridized carbons (Fsp3) is 0.833. The van der Waals surface area contributed by atoms with Crippen molar-refractivity contribution < 1.29 is 9.53 Å². The van der Waals surface area contributed by atoms with Crippen molar-refractivity contribution in [2.45, 2.75) is 13.8 Å². The van der Waals surface area contributed by atoms with Gasteiger partial charge in [-0.1, -0.05) is 6.92 Å². The average molecular weight is 148 g/mol. The van der Waals surface area contributed by atoms with Gasteiger partial charge in [0.25, 0.3) is 0 Å². The molecule has 0 heterocycles. The molecular weight excluding hydrogens is 136 g/mol. The zero-order valence-corrected chi connectivity index (χ0v) is 6.66. The van der Waals surface area contributed by atoms with Crippen LogP contribution < -0.4 is 0 Å². The number of ether oxygens (including phenoxy) is 1. The van der Waals surface area contributed by atoms with Crippen LogP contribution in [0.25, 0.3) is 0 Å². The molecule has 0 fully saturated rings. The van der Waals surface area contributed by atoms with E-state index in [1.165, 1.54) is 0 Å².